The number of pyridine rings is 1. The van der Waals surface area contributed by atoms with Gasteiger partial charge in [0.2, 0.25) is 10.0 Å². The molecule has 1 aliphatic rings. The molecule has 0 unspecified atom stereocenters. The summed E-state index contributed by atoms with van der Waals surface area (Å²) < 4.78 is 52.6. The number of rotatable bonds is 12. The van der Waals surface area contributed by atoms with Gasteiger partial charge in [-0.05, 0) is 60.4 Å². The van der Waals surface area contributed by atoms with Crippen LogP contribution >= 0.6 is 0 Å². The highest BCUT2D eigenvalue weighted by Gasteiger charge is 2.54. The third-order valence-corrected chi connectivity index (χ3v) is 8.79. The van der Waals surface area contributed by atoms with E-state index >= 15 is 0 Å². The summed E-state index contributed by atoms with van der Waals surface area (Å²) in [5, 5.41) is 0.486. The largest absolute Gasteiger partial charge is 0.495 e. The van der Waals surface area contributed by atoms with Crippen molar-refractivity contribution in [2.24, 2.45) is 5.41 Å². The highest BCUT2D eigenvalue weighted by atomic mass is 32.2. The van der Waals surface area contributed by atoms with Crippen molar-refractivity contribution in [3.63, 3.8) is 0 Å². The number of methoxy groups -OCH3 is 1. The van der Waals surface area contributed by atoms with E-state index in [4.69, 9.17) is 9.47 Å². The zero-order valence-electron chi connectivity index (χ0n) is 22.6. The van der Waals surface area contributed by atoms with Gasteiger partial charge < -0.3 is 9.47 Å². The molecule has 1 aliphatic carbocycles. The predicted molar refractivity (Wildman–Crippen MR) is 151 cm³/mol. The number of ether oxygens (including phenoxy) is 2. The lowest BCUT2D eigenvalue weighted by atomic mass is 9.88. The van der Waals surface area contributed by atoms with Crippen LogP contribution in [0, 0.1) is 11.2 Å². The SMILES string of the molecule is CCNS(=O)(=O)c1cc2c(Oc3ccc(CC(=O)C4(C(=O)Cc5ccc(F)cc5)CC4)cc3)ccnc2cc1OC. The fourth-order valence-electron chi connectivity index (χ4n) is 4.81. The zero-order valence-corrected chi connectivity index (χ0v) is 23.5. The minimum absolute atomic E-state index is 0.0240. The number of nitrogens with zero attached hydrogens (tertiary/aromatic N) is 1. The zero-order chi connectivity index (χ0) is 29.2. The quantitative estimate of drug-likeness (QED) is 0.232. The van der Waals surface area contributed by atoms with Crippen LogP contribution in [0.25, 0.3) is 10.9 Å². The van der Waals surface area contributed by atoms with E-state index in [9.17, 15) is 22.4 Å². The van der Waals surface area contributed by atoms with Gasteiger partial charge >= 0.3 is 0 Å². The normalized spacial score (nSPS) is 14.0. The van der Waals surface area contributed by atoms with E-state index in [0.717, 1.165) is 5.56 Å². The smallest absolute Gasteiger partial charge is 0.244 e. The maximum absolute atomic E-state index is 13.2. The fraction of sp³-hybridized carbons (Fsp3) is 0.258. The maximum atomic E-state index is 13.2. The maximum Gasteiger partial charge on any atom is 0.244 e. The molecule has 3 aromatic carbocycles. The van der Waals surface area contributed by atoms with Crippen LogP contribution < -0.4 is 14.2 Å². The van der Waals surface area contributed by atoms with Crippen molar-refractivity contribution in [1.82, 2.24) is 9.71 Å². The van der Waals surface area contributed by atoms with Gasteiger partial charge in [0.15, 0.2) is 11.6 Å². The van der Waals surface area contributed by atoms with Crippen molar-refractivity contribution in [2.75, 3.05) is 13.7 Å². The molecule has 8 nitrogen and oxygen atoms in total. The van der Waals surface area contributed by atoms with Crippen molar-refractivity contribution < 1.29 is 31.9 Å². The van der Waals surface area contributed by atoms with Crippen molar-refractivity contribution in [1.29, 1.82) is 0 Å². The summed E-state index contributed by atoms with van der Waals surface area (Å²) in [5.41, 5.74) is 0.958. The minimum atomic E-state index is -3.81. The van der Waals surface area contributed by atoms with E-state index < -0.39 is 15.4 Å². The molecule has 0 spiro atoms. The second-order valence-corrected chi connectivity index (χ2v) is 11.7. The fourth-order valence-corrected chi connectivity index (χ4v) is 6.02. The summed E-state index contributed by atoms with van der Waals surface area (Å²) in [6.07, 6.45) is 2.82. The number of carbonyl (C=O) groups is 2. The molecule has 212 valence electrons. The van der Waals surface area contributed by atoms with Crippen LogP contribution in [0.3, 0.4) is 0 Å². The summed E-state index contributed by atoms with van der Waals surface area (Å²) in [6.45, 7) is 1.91. The van der Waals surface area contributed by atoms with E-state index in [0.29, 0.717) is 40.8 Å². The topological polar surface area (TPSA) is 112 Å². The van der Waals surface area contributed by atoms with Gasteiger partial charge in [0, 0.05) is 37.0 Å². The van der Waals surface area contributed by atoms with Gasteiger partial charge in [-0.1, -0.05) is 31.2 Å². The van der Waals surface area contributed by atoms with Gasteiger partial charge in [0.1, 0.15) is 28.0 Å². The average Bonchev–Trinajstić information content (AvgIpc) is 3.77. The van der Waals surface area contributed by atoms with Crippen LogP contribution in [0.2, 0.25) is 0 Å². The van der Waals surface area contributed by atoms with Crippen molar-refractivity contribution >= 4 is 32.5 Å². The van der Waals surface area contributed by atoms with Crippen LogP contribution in [0.15, 0.2) is 77.8 Å². The monoisotopic (exact) mass is 576 g/mol. The first-order chi connectivity index (χ1) is 19.6. The Labute approximate surface area is 237 Å². The lowest BCUT2D eigenvalue weighted by Crippen LogP contribution is -2.28. The van der Waals surface area contributed by atoms with Gasteiger partial charge in [-0.15, -0.1) is 0 Å². The molecule has 1 N–H and O–H groups in total. The van der Waals surface area contributed by atoms with E-state index in [1.807, 2.05) is 0 Å². The third-order valence-electron chi connectivity index (χ3n) is 7.22. The Morgan fingerprint density at radius 2 is 1.54 bits per heavy atom. The number of fused-ring (bicyclic) bond motifs is 1. The number of hydrogen-bond acceptors (Lipinski definition) is 7. The molecule has 41 heavy (non-hydrogen) atoms. The van der Waals surface area contributed by atoms with Crippen LogP contribution in [-0.2, 0) is 32.5 Å². The molecule has 0 radical (unpaired) electrons. The molecular formula is C31H29FN2O6S. The van der Waals surface area contributed by atoms with Gasteiger partial charge in [-0.25, -0.2) is 17.5 Å². The molecule has 0 atom stereocenters. The highest BCUT2D eigenvalue weighted by Crippen LogP contribution is 2.49. The molecule has 10 heteroatoms. The molecular weight excluding hydrogens is 547 g/mol. The number of benzene rings is 3. The molecule has 1 aromatic heterocycles. The Hall–Kier alpha value is -4.15. The Morgan fingerprint density at radius 1 is 0.927 bits per heavy atom. The Balaban J connectivity index is 1.31. The van der Waals surface area contributed by atoms with Crippen LogP contribution in [0.5, 0.6) is 17.2 Å². The third kappa shape index (κ3) is 5.98. The summed E-state index contributed by atoms with van der Waals surface area (Å²) >= 11 is 0. The molecule has 1 fully saturated rings. The summed E-state index contributed by atoms with van der Waals surface area (Å²) in [7, 11) is -2.42. The first-order valence-corrected chi connectivity index (χ1v) is 14.7. The first-order valence-electron chi connectivity index (χ1n) is 13.2. The molecule has 0 amide bonds. The highest BCUT2D eigenvalue weighted by molar-refractivity contribution is 7.89. The molecule has 0 bridgehead atoms. The van der Waals surface area contributed by atoms with Crippen molar-refractivity contribution in [2.45, 2.75) is 37.5 Å². The lowest BCUT2D eigenvalue weighted by molar-refractivity contribution is -0.133. The second-order valence-electron chi connectivity index (χ2n) is 9.99. The molecule has 1 heterocycles. The Bertz CT molecular complexity index is 1720. The number of ketones is 2. The molecule has 5 rings (SSSR count). The Kier molecular flexibility index (Phi) is 7.88. The number of sulfonamides is 1. The van der Waals surface area contributed by atoms with Crippen molar-refractivity contribution in [3.8, 4) is 17.2 Å². The second kappa shape index (κ2) is 11.4. The standard InChI is InChI=1S/C31H29FN2O6S/c1-3-34-41(37,38)28-18-24-25(19-27(28)39-2)33-15-12-26(24)40-23-10-6-21(7-11-23)17-30(36)31(13-14-31)29(35)16-20-4-8-22(32)9-5-20/h4-12,15,18-19,34H,3,13-14,16-17H2,1-2H3. The van der Waals surface area contributed by atoms with Crippen LogP contribution in [0.4, 0.5) is 4.39 Å². The number of halogens is 1. The summed E-state index contributed by atoms with van der Waals surface area (Å²) in [5.74, 6) is 0.422. The number of aromatic nitrogens is 1. The minimum Gasteiger partial charge on any atom is -0.495 e. The summed E-state index contributed by atoms with van der Waals surface area (Å²) in [4.78, 5) is 30.4. The van der Waals surface area contributed by atoms with E-state index in [1.54, 1.807) is 61.7 Å². The van der Waals surface area contributed by atoms with Gasteiger partial charge in [0.25, 0.3) is 0 Å². The van der Waals surface area contributed by atoms with Crippen LogP contribution in [-0.4, -0.2) is 38.6 Å². The molecule has 0 aliphatic heterocycles. The number of nitrogens with one attached hydrogen (secondary N) is 1. The first kappa shape index (κ1) is 28.4. The lowest BCUT2D eigenvalue weighted by Gasteiger charge is -2.14. The average molecular weight is 577 g/mol. The molecule has 1 saturated carbocycles. The summed E-state index contributed by atoms with van der Waals surface area (Å²) in [6, 6.07) is 17.4. The van der Waals surface area contributed by atoms with E-state index in [2.05, 4.69) is 9.71 Å². The van der Waals surface area contributed by atoms with Crippen molar-refractivity contribution in [3.05, 3.63) is 89.9 Å². The number of carbonyl (C=O) groups excluding carboxylic acids is 2. The number of hydrogen-bond donors (Lipinski definition) is 1. The predicted octanol–water partition coefficient (Wildman–Crippen LogP) is 5.18. The van der Waals surface area contributed by atoms with Gasteiger partial charge in [-0.3, -0.25) is 14.6 Å². The molecule has 4 aromatic rings. The molecule has 0 saturated heterocycles. The van der Waals surface area contributed by atoms with E-state index in [-0.39, 0.29) is 47.4 Å². The van der Waals surface area contributed by atoms with Gasteiger partial charge in [-0.2, -0.15) is 0 Å². The van der Waals surface area contributed by atoms with Gasteiger partial charge in [0.05, 0.1) is 18.0 Å². The Morgan fingerprint density at radius 3 is 2.10 bits per heavy atom. The van der Waals surface area contributed by atoms with Crippen LogP contribution in [0.1, 0.15) is 30.9 Å². The van der Waals surface area contributed by atoms with E-state index in [1.165, 1.54) is 25.3 Å². The number of Topliss-reactive ketones (excluding diaryl/α,β-unsaturated/α-hetero) is 2.